The number of hydrogen-bond donors (Lipinski definition) is 1. The van der Waals surface area contributed by atoms with Gasteiger partial charge in [-0.05, 0) is 29.8 Å². The van der Waals surface area contributed by atoms with Crippen LogP contribution in [-0.4, -0.2) is 15.8 Å². The minimum atomic E-state index is -0.509. The lowest BCUT2D eigenvalue weighted by atomic mass is 10.1. The summed E-state index contributed by atoms with van der Waals surface area (Å²) in [7, 11) is 0. The predicted molar refractivity (Wildman–Crippen MR) is 97.4 cm³/mol. The van der Waals surface area contributed by atoms with Crippen LogP contribution in [0.15, 0.2) is 54.7 Å². The van der Waals surface area contributed by atoms with E-state index in [1.807, 2.05) is 24.3 Å². The van der Waals surface area contributed by atoms with Crippen molar-refractivity contribution < 1.29 is 9.72 Å². The third-order valence-corrected chi connectivity index (χ3v) is 4.53. The molecule has 8 heteroatoms. The molecule has 6 nitrogen and oxygen atoms in total. The molecule has 1 aromatic heterocycles. The Morgan fingerprint density at radius 2 is 2.00 bits per heavy atom. The van der Waals surface area contributed by atoms with Gasteiger partial charge in [-0.3, -0.25) is 20.2 Å². The molecule has 0 aliphatic heterocycles. The zero-order valence-corrected chi connectivity index (χ0v) is 14.4. The molecule has 1 heterocycles. The monoisotopic (exact) mass is 373 g/mol. The summed E-state index contributed by atoms with van der Waals surface area (Å²) in [6.07, 6.45) is 2.38. The van der Waals surface area contributed by atoms with E-state index in [1.165, 1.54) is 35.6 Å². The quantitative estimate of drug-likeness (QED) is 0.525. The minimum Gasteiger partial charge on any atom is -0.298 e. The number of benzene rings is 2. The Balaban J connectivity index is 1.66. The van der Waals surface area contributed by atoms with Gasteiger partial charge in [0.25, 0.3) is 11.6 Å². The molecule has 0 fully saturated rings. The highest BCUT2D eigenvalue weighted by Gasteiger charge is 2.12. The fraction of sp³-hybridized carbons (Fsp3) is 0.0588. The van der Waals surface area contributed by atoms with Crippen molar-refractivity contribution in [3.63, 3.8) is 0 Å². The third-order valence-electron chi connectivity index (χ3n) is 3.38. The zero-order chi connectivity index (χ0) is 17.8. The molecule has 0 atom stereocenters. The largest absolute Gasteiger partial charge is 0.298 e. The lowest BCUT2D eigenvalue weighted by molar-refractivity contribution is -0.384. The van der Waals surface area contributed by atoms with Crippen molar-refractivity contribution in [2.24, 2.45) is 0 Å². The number of anilines is 1. The molecule has 0 spiro atoms. The van der Waals surface area contributed by atoms with Gasteiger partial charge in [-0.1, -0.05) is 23.7 Å². The molecule has 0 saturated heterocycles. The molecule has 0 aliphatic rings. The molecule has 126 valence electrons. The number of nitro groups is 1. The normalized spacial score (nSPS) is 10.4. The van der Waals surface area contributed by atoms with E-state index in [9.17, 15) is 14.9 Å². The fourth-order valence-electron chi connectivity index (χ4n) is 2.20. The molecule has 0 radical (unpaired) electrons. The highest BCUT2D eigenvalue weighted by atomic mass is 35.5. The van der Waals surface area contributed by atoms with Crippen LogP contribution in [0.1, 0.15) is 20.8 Å². The molecule has 2 aromatic carbocycles. The third kappa shape index (κ3) is 4.40. The number of nitrogens with zero attached hydrogens (tertiary/aromatic N) is 2. The van der Waals surface area contributed by atoms with Crippen molar-refractivity contribution in [1.82, 2.24) is 4.98 Å². The van der Waals surface area contributed by atoms with E-state index < -0.39 is 4.92 Å². The van der Waals surface area contributed by atoms with Gasteiger partial charge in [0.15, 0.2) is 5.13 Å². The first-order valence-corrected chi connectivity index (χ1v) is 8.45. The number of aromatic nitrogens is 1. The van der Waals surface area contributed by atoms with Crippen LogP contribution in [-0.2, 0) is 6.42 Å². The smallest absolute Gasteiger partial charge is 0.269 e. The first kappa shape index (κ1) is 17.1. The number of rotatable bonds is 5. The molecule has 25 heavy (non-hydrogen) atoms. The molecule has 3 rings (SSSR count). The van der Waals surface area contributed by atoms with Gasteiger partial charge in [-0.25, -0.2) is 4.98 Å². The summed E-state index contributed by atoms with van der Waals surface area (Å²) in [5.41, 5.74) is 1.33. The van der Waals surface area contributed by atoms with Gasteiger partial charge in [-0.15, -0.1) is 11.3 Å². The van der Waals surface area contributed by atoms with Crippen LogP contribution in [0.25, 0.3) is 0 Å². The number of thiazole rings is 1. The van der Waals surface area contributed by atoms with Crippen molar-refractivity contribution >= 4 is 39.7 Å². The Hall–Kier alpha value is -2.77. The van der Waals surface area contributed by atoms with Crippen LogP contribution >= 0.6 is 22.9 Å². The average Bonchev–Trinajstić information content (AvgIpc) is 3.01. The van der Waals surface area contributed by atoms with Gasteiger partial charge in [-0.2, -0.15) is 0 Å². The molecular formula is C17H12ClN3O3S. The summed E-state index contributed by atoms with van der Waals surface area (Å²) >= 11 is 7.34. The lowest BCUT2D eigenvalue weighted by Crippen LogP contribution is -2.11. The van der Waals surface area contributed by atoms with E-state index in [2.05, 4.69) is 10.3 Å². The van der Waals surface area contributed by atoms with E-state index in [4.69, 9.17) is 11.6 Å². The Bertz CT molecular complexity index is 925. The second-order valence-corrected chi connectivity index (χ2v) is 6.75. The molecule has 1 N–H and O–H groups in total. The molecular weight excluding hydrogens is 362 g/mol. The maximum Gasteiger partial charge on any atom is 0.269 e. The SMILES string of the molecule is O=C(Nc1ncc(Cc2cccc(Cl)c2)s1)c1ccc([N+](=O)[O-])cc1. The maximum atomic E-state index is 12.2. The zero-order valence-electron chi connectivity index (χ0n) is 12.8. The Kier molecular flexibility index (Phi) is 5.06. The molecule has 3 aromatic rings. The minimum absolute atomic E-state index is 0.0605. The van der Waals surface area contributed by atoms with Gasteiger partial charge in [0.2, 0.25) is 0 Å². The summed E-state index contributed by atoms with van der Waals surface area (Å²) < 4.78 is 0. The Morgan fingerprint density at radius 3 is 2.68 bits per heavy atom. The van der Waals surface area contributed by atoms with Crippen molar-refractivity contribution in [3.8, 4) is 0 Å². The van der Waals surface area contributed by atoms with E-state index >= 15 is 0 Å². The van der Waals surface area contributed by atoms with Crippen LogP contribution in [0.5, 0.6) is 0 Å². The van der Waals surface area contributed by atoms with E-state index in [0.717, 1.165) is 10.4 Å². The van der Waals surface area contributed by atoms with Crippen molar-refractivity contribution in [1.29, 1.82) is 0 Å². The standard InChI is InChI=1S/C17H12ClN3O3S/c18-13-3-1-2-11(8-13)9-15-10-19-17(25-15)20-16(22)12-4-6-14(7-5-12)21(23)24/h1-8,10H,9H2,(H,19,20,22). The maximum absolute atomic E-state index is 12.2. The highest BCUT2D eigenvalue weighted by Crippen LogP contribution is 2.23. The van der Waals surface area contributed by atoms with Crippen molar-refractivity contribution in [3.05, 3.63) is 85.9 Å². The van der Waals surface area contributed by atoms with Gasteiger partial charge in [0.05, 0.1) is 4.92 Å². The van der Waals surface area contributed by atoms with Gasteiger partial charge >= 0.3 is 0 Å². The number of carbonyl (C=O) groups excluding carboxylic acids is 1. The number of nitrogens with one attached hydrogen (secondary N) is 1. The Morgan fingerprint density at radius 1 is 1.24 bits per heavy atom. The molecule has 0 aliphatic carbocycles. The molecule has 0 bridgehead atoms. The van der Waals surface area contributed by atoms with Crippen LogP contribution in [0.4, 0.5) is 10.8 Å². The second-order valence-electron chi connectivity index (χ2n) is 5.20. The van der Waals surface area contributed by atoms with E-state index in [1.54, 1.807) is 6.20 Å². The van der Waals surface area contributed by atoms with Crippen LogP contribution < -0.4 is 5.32 Å². The number of hydrogen-bond acceptors (Lipinski definition) is 5. The summed E-state index contributed by atoms with van der Waals surface area (Å²) in [5.74, 6) is -0.362. The van der Waals surface area contributed by atoms with Crippen molar-refractivity contribution in [2.45, 2.75) is 6.42 Å². The summed E-state index contributed by atoms with van der Waals surface area (Å²) in [4.78, 5) is 27.5. The van der Waals surface area contributed by atoms with Crippen molar-refractivity contribution in [2.75, 3.05) is 5.32 Å². The topological polar surface area (TPSA) is 85.1 Å². The van der Waals surface area contributed by atoms with Crippen LogP contribution in [0, 0.1) is 10.1 Å². The number of amides is 1. The van der Waals surface area contributed by atoms with Crippen LogP contribution in [0.3, 0.4) is 0 Å². The fourth-order valence-corrected chi connectivity index (χ4v) is 3.25. The lowest BCUT2D eigenvalue weighted by Gasteiger charge is -2.01. The van der Waals surface area contributed by atoms with E-state index in [0.29, 0.717) is 22.1 Å². The molecule has 1 amide bonds. The predicted octanol–water partition coefficient (Wildman–Crippen LogP) is 4.55. The summed E-state index contributed by atoms with van der Waals surface area (Å²) in [6.45, 7) is 0. The van der Waals surface area contributed by atoms with Gasteiger partial charge in [0, 0.05) is 40.2 Å². The van der Waals surface area contributed by atoms with Gasteiger partial charge < -0.3 is 0 Å². The second kappa shape index (κ2) is 7.42. The highest BCUT2D eigenvalue weighted by molar-refractivity contribution is 7.15. The summed E-state index contributed by atoms with van der Waals surface area (Å²) in [5, 5.41) is 14.5. The number of halogens is 1. The molecule has 0 saturated carbocycles. The first-order valence-electron chi connectivity index (χ1n) is 7.26. The number of nitro benzene ring substituents is 1. The van der Waals surface area contributed by atoms with E-state index in [-0.39, 0.29) is 11.6 Å². The average molecular weight is 374 g/mol. The molecule has 0 unspecified atom stereocenters. The number of non-ortho nitro benzene ring substituents is 1. The summed E-state index contributed by atoms with van der Waals surface area (Å²) in [6, 6.07) is 13.0. The van der Waals surface area contributed by atoms with Gasteiger partial charge in [0.1, 0.15) is 0 Å². The van der Waals surface area contributed by atoms with Crippen LogP contribution in [0.2, 0.25) is 5.02 Å². The Labute approximate surface area is 152 Å². The number of carbonyl (C=O) groups is 1. The first-order chi connectivity index (χ1) is 12.0.